The molecule has 0 saturated heterocycles. The molecule has 0 aliphatic heterocycles. The van der Waals surface area contributed by atoms with Gasteiger partial charge in [0.25, 0.3) is 0 Å². The van der Waals surface area contributed by atoms with Gasteiger partial charge in [-0.3, -0.25) is 4.79 Å². The van der Waals surface area contributed by atoms with E-state index in [0.717, 1.165) is 11.3 Å². The number of hydrogen-bond acceptors (Lipinski definition) is 2. The Morgan fingerprint density at radius 1 is 1.47 bits per heavy atom. The molecule has 1 rings (SSSR count). The summed E-state index contributed by atoms with van der Waals surface area (Å²) in [6.07, 6.45) is 0.505. The van der Waals surface area contributed by atoms with Crippen LogP contribution in [-0.2, 0) is 11.2 Å². The lowest BCUT2D eigenvalue weighted by atomic mass is 10.0. The fraction of sp³-hybridized carbons (Fsp3) is 0.417. The number of aliphatic carboxylic acids is 1. The minimum atomic E-state index is -0.777. The molecule has 0 aliphatic carbocycles. The highest BCUT2D eigenvalue weighted by molar-refractivity contribution is 5.70. The van der Waals surface area contributed by atoms with Crippen LogP contribution in [-0.4, -0.2) is 17.7 Å². The van der Waals surface area contributed by atoms with Gasteiger partial charge in [-0.25, -0.2) is 0 Å². The van der Waals surface area contributed by atoms with Gasteiger partial charge in [-0.05, 0) is 25.0 Å². The van der Waals surface area contributed by atoms with Crippen LogP contribution in [0.15, 0.2) is 24.3 Å². The van der Waals surface area contributed by atoms with Gasteiger partial charge in [-0.2, -0.15) is 0 Å². The van der Waals surface area contributed by atoms with E-state index in [-0.39, 0.29) is 5.92 Å². The van der Waals surface area contributed by atoms with Crippen LogP contribution in [0.5, 0.6) is 5.75 Å². The number of carbonyl (C=O) groups is 1. The van der Waals surface area contributed by atoms with Crippen molar-refractivity contribution >= 4 is 5.97 Å². The fourth-order valence-electron chi connectivity index (χ4n) is 1.39. The zero-order valence-electron chi connectivity index (χ0n) is 9.06. The first kappa shape index (κ1) is 11.6. The Hall–Kier alpha value is -1.51. The average molecular weight is 208 g/mol. The summed E-state index contributed by atoms with van der Waals surface area (Å²) in [6.45, 7) is 4.21. The van der Waals surface area contributed by atoms with E-state index in [1.54, 1.807) is 6.92 Å². The highest BCUT2D eigenvalue weighted by Gasteiger charge is 2.13. The molecule has 3 nitrogen and oxygen atoms in total. The lowest BCUT2D eigenvalue weighted by Gasteiger charge is -2.11. The van der Waals surface area contributed by atoms with Crippen molar-refractivity contribution in [2.75, 3.05) is 6.61 Å². The van der Waals surface area contributed by atoms with Crippen LogP contribution in [0.4, 0.5) is 0 Å². The van der Waals surface area contributed by atoms with Crippen LogP contribution in [0.25, 0.3) is 0 Å². The highest BCUT2D eigenvalue weighted by Crippen LogP contribution is 2.21. The van der Waals surface area contributed by atoms with Crippen LogP contribution in [0, 0.1) is 5.92 Å². The van der Waals surface area contributed by atoms with Crippen LogP contribution in [0.3, 0.4) is 0 Å². The van der Waals surface area contributed by atoms with Gasteiger partial charge in [0.15, 0.2) is 0 Å². The summed E-state index contributed by atoms with van der Waals surface area (Å²) >= 11 is 0. The van der Waals surface area contributed by atoms with Crippen molar-refractivity contribution in [1.82, 2.24) is 0 Å². The number of para-hydroxylation sites is 1. The number of benzene rings is 1. The van der Waals surface area contributed by atoms with Gasteiger partial charge in [-0.1, -0.05) is 25.1 Å². The van der Waals surface area contributed by atoms with Gasteiger partial charge in [0.2, 0.25) is 0 Å². The molecule has 1 atom stereocenters. The minimum Gasteiger partial charge on any atom is -0.494 e. The molecule has 0 aliphatic rings. The van der Waals surface area contributed by atoms with Crippen molar-refractivity contribution in [3.8, 4) is 5.75 Å². The van der Waals surface area contributed by atoms with E-state index < -0.39 is 5.97 Å². The topological polar surface area (TPSA) is 46.5 Å². The molecule has 0 aromatic heterocycles. The molecule has 0 bridgehead atoms. The van der Waals surface area contributed by atoms with E-state index >= 15 is 0 Å². The predicted octanol–water partition coefficient (Wildman–Crippen LogP) is 2.35. The first-order valence-electron chi connectivity index (χ1n) is 5.08. The van der Waals surface area contributed by atoms with Gasteiger partial charge < -0.3 is 9.84 Å². The van der Waals surface area contributed by atoms with Crippen LogP contribution in [0.1, 0.15) is 19.4 Å². The quantitative estimate of drug-likeness (QED) is 0.807. The summed E-state index contributed by atoms with van der Waals surface area (Å²) in [4.78, 5) is 10.7. The van der Waals surface area contributed by atoms with Gasteiger partial charge in [0, 0.05) is 0 Å². The lowest BCUT2D eigenvalue weighted by Crippen LogP contribution is -2.13. The zero-order valence-corrected chi connectivity index (χ0v) is 9.06. The molecule has 3 heteroatoms. The number of rotatable bonds is 5. The smallest absolute Gasteiger partial charge is 0.306 e. The zero-order chi connectivity index (χ0) is 11.3. The van der Waals surface area contributed by atoms with E-state index in [9.17, 15) is 4.79 Å². The summed E-state index contributed by atoms with van der Waals surface area (Å²) < 4.78 is 5.42. The summed E-state index contributed by atoms with van der Waals surface area (Å²) in [5, 5.41) is 8.82. The molecule has 0 radical (unpaired) electrons. The third-order valence-electron chi connectivity index (χ3n) is 2.22. The first-order valence-corrected chi connectivity index (χ1v) is 5.08. The van der Waals surface area contributed by atoms with Crippen LogP contribution < -0.4 is 4.74 Å². The highest BCUT2D eigenvalue weighted by atomic mass is 16.5. The van der Waals surface area contributed by atoms with Gasteiger partial charge in [0.1, 0.15) is 5.75 Å². The van der Waals surface area contributed by atoms with Crippen LogP contribution in [0.2, 0.25) is 0 Å². The molecule has 0 fully saturated rings. The molecule has 0 spiro atoms. The van der Waals surface area contributed by atoms with E-state index in [1.165, 1.54) is 0 Å². The standard InChI is InChI=1S/C12H16O3/c1-3-15-11-7-5-4-6-10(11)8-9(2)12(13)14/h4-7,9H,3,8H2,1-2H3,(H,13,14)/t9-/m0/s1. The molecular formula is C12H16O3. The molecule has 1 N–H and O–H groups in total. The molecule has 1 aromatic rings. The number of carboxylic acid groups (broad SMARTS) is 1. The number of carboxylic acids is 1. The Kier molecular flexibility index (Phi) is 4.16. The molecule has 82 valence electrons. The van der Waals surface area contributed by atoms with Crippen molar-refractivity contribution < 1.29 is 14.6 Å². The van der Waals surface area contributed by atoms with E-state index in [2.05, 4.69) is 0 Å². The van der Waals surface area contributed by atoms with Crippen molar-refractivity contribution in [2.45, 2.75) is 20.3 Å². The van der Waals surface area contributed by atoms with Crippen molar-refractivity contribution in [3.05, 3.63) is 29.8 Å². The summed E-state index contributed by atoms with van der Waals surface area (Å²) in [5.74, 6) is -0.374. The molecule has 1 aromatic carbocycles. The molecule has 0 saturated carbocycles. The number of ether oxygens (including phenoxy) is 1. The van der Waals surface area contributed by atoms with E-state index in [4.69, 9.17) is 9.84 Å². The van der Waals surface area contributed by atoms with Crippen LogP contribution >= 0.6 is 0 Å². The maximum atomic E-state index is 10.7. The number of hydrogen-bond donors (Lipinski definition) is 1. The van der Waals surface area contributed by atoms with E-state index in [0.29, 0.717) is 13.0 Å². The summed E-state index contributed by atoms with van der Waals surface area (Å²) in [6, 6.07) is 7.56. The molecule has 0 heterocycles. The Labute approximate surface area is 89.7 Å². The van der Waals surface area contributed by atoms with Crippen molar-refractivity contribution in [1.29, 1.82) is 0 Å². The van der Waals surface area contributed by atoms with E-state index in [1.807, 2.05) is 31.2 Å². The van der Waals surface area contributed by atoms with Crippen molar-refractivity contribution in [2.24, 2.45) is 5.92 Å². The fourth-order valence-corrected chi connectivity index (χ4v) is 1.39. The molecule has 0 unspecified atom stereocenters. The maximum absolute atomic E-state index is 10.7. The van der Waals surface area contributed by atoms with Crippen molar-refractivity contribution in [3.63, 3.8) is 0 Å². The molecule has 15 heavy (non-hydrogen) atoms. The monoisotopic (exact) mass is 208 g/mol. The predicted molar refractivity (Wildman–Crippen MR) is 58.1 cm³/mol. The molecular weight excluding hydrogens is 192 g/mol. The SMILES string of the molecule is CCOc1ccccc1C[C@H](C)C(=O)O. The maximum Gasteiger partial charge on any atom is 0.306 e. The Morgan fingerprint density at radius 2 is 2.13 bits per heavy atom. The average Bonchev–Trinajstić information content (AvgIpc) is 2.21. The Morgan fingerprint density at radius 3 is 2.73 bits per heavy atom. The largest absolute Gasteiger partial charge is 0.494 e. The molecule has 0 amide bonds. The van der Waals surface area contributed by atoms with Gasteiger partial charge in [-0.15, -0.1) is 0 Å². The second kappa shape index (κ2) is 5.39. The van der Waals surface area contributed by atoms with Gasteiger partial charge in [0.05, 0.1) is 12.5 Å². The Balaban J connectivity index is 2.79. The summed E-state index contributed by atoms with van der Waals surface area (Å²) in [7, 11) is 0. The first-order chi connectivity index (χ1) is 7.15. The lowest BCUT2D eigenvalue weighted by molar-refractivity contribution is -0.141. The van der Waals surface area contributed by atoms with Gasteiger partial charge >= 0.3 is 5.97 Å². The third kappa shape index (κ3) is 3.27. The Bertz CT molecular complexity index is 333. The normalized spacial score (nSPS) is 12.1. The second-order valence-electron chi connectivity index (χ2n) is 3.48. The second-order valence-corrected chi connectivity index (χ2v) is 3.48. The third-order valence-corrected chi connectivity index (χ3v) is 2.22. The summed E-state index contributed by atoms with van der Waals surface area (Å²) in [5.41, 5.74) is 0.953. The minimum absolute atomic E-state index is 0.383.